The van der Waals surface area contributed by atoms with Crippen molar-refractivity contribution < 1.29 is 4.74 Å². The molecule has 26 heavy (non-hydrogen) atoms. The molecule has 0 spiro atoms. The molecule has 1 aromatic heterocycles. The monoisotopic (exact) mass is 493 g/mol. The third-order valence-electron chi connectivity index (χ3n) is 5.22. The summed E-state index contributed by atoms with van der Waals surface area (Å²) in [5.74, 6) is 0.567. The highest BCUT2D eigenvalue weighted by molar-refractivity contribution is 14.0. The van der Waals surface area contributed by atoms with E-state index in [1.165, 1.54) is 24.3 Å². The molecule has 2 saturated heterocycles. The average molecular weight is 493 g/mol. The highest BCUT2D eigenvalue weighted by Gasteiger charge is 2.24. The van der Waals surface area contributed by atoms with Gasteiger partial charge in [0, 0.05) is 30.6 Å². The number of guanidine groups is 1. The highest BCUT2D eigenvalue weighted by atomic mass is 127. The number of halogens is 1. The smallest absolute Gasteiger partial charge is 0.188 e. The van der Waals surface area contributed by atoms with Crippen LogP contribution in [0.3, 0.4) is 0 Å². The van der Waals surface area contributed by atoms with Crippen LogP contribution in [0.15, 0.2) is 22.5 Å². The molecule has 0 amide bonds. The summed E-state index contributed by atoms with van der Waals surface area (Å²) in [5, 5.41) is 5.47. The Morgan fingerprint density at radius 3 is 2.92 bits per heavy atom. The third-order valence-corrected chi connectivity index (χ3v) is 6.19. The van der Waals surface area contributed by atoms with Crippen LogP contribution in [0.4, 0.5) is 0 Å². The lowest BCUT2D eigenvalue weighted by molar-refractivity contribution is 0.0187. The topological polar surface area (TPSA) is 66.1 Å². The van der Waals surface area contributed by atoms with Gasteiger partial charge in [0.2, 0.25) is 0 Å². The average Bonchev–Trinajstić information content (AvgIpc) is 3.32. The van der Waals surface area contributed by atoms with Crippen LogP contribution in [0.25, 0.3) is 0 Å². The van der Waals surface area contributed by atoms with Gasteiger partial charge in [0.25, 0.3) is 0 Å². The second kappa shape index (κ2) is 11.4. The van der Waals surface area contributed by atoms with Crippen LogP contribution < -0.4 is 11.1 Å². The summed E-state index contributed by atoms with van der Waals surface area (Å²) in [5.41, 5.74) is 6.15. The van der Waals surface area contributed by atoms with Gasteiger partial charge in [-0.25, -0.2) is 0 Å². The van der Waals surface area contributed by atoms with Crippen molar-refractivity contribution in [2.75, 3.05) is 52.5 Å². The summed E-state index contributed by atoms with van der Waals surface area (Å²) in [6.45, 7) is 9.65. The summed E-state index contributed by atoms with van der Waals surface area (Å²) in [6.07, 6.45) is 2.54. The molecule has 2 aliphatic heterocycles. The fraction of sp³-hybridized carbons (Fsp3) is 0.722. The fourth-order valence-corrected chi connectivity index (χ4v) is 4.61. The summed E-state index contributed by atoms with van der Waals surface area (Å²) >= 11 is 1.79. The number of nitrogens with two attached hydrogens (primary N) is 1. The first kappa shape index (κ1) is 21.9. The van der Waals surface area contributed by atoms with Gasteiger partial charge < -0.3 is 15.8 Å². The molecule has 0 aromatic carbocycles. The lowest BCUT2D eigenvalue weighted by Crippen LogP contribution is -2.43. The minimum Gasteiger partial charge on any atom is -0.379 e. The van der Waals surface area contributed by atoms with Gasteiger partial charge in [-0.15, -0.1) is 35.3 Å². The molecule has 2 aliphatic rings. The maximum Gasteiger partial charge on any atom is 0.188 e. The zero-order chi connectivity index (χ0) is 17.5. The first-order valence-electron chi connectivity index (χ1n) is 9.41. The Morgan fingerprint density at radius 2 is 2.23 bits per heavy atom. The number of aliphatic imine (C=N–C) groups is 1. The molecule has 1 aromatic rings. The van der Waals surface area contributed by atoms with Gasteiger partial charge in [-0.2, -0.15) is 0 Å². The Bertz CT molecular complexity index is 536. The number of hydrogen-bond donors (Lipinski definition) is 2. The van der Waals surface area contributed by atoms with Gasteiger partial charge in [-0.3, -0.25) is 14.8 Å². The zero-order valence-electron chi connectivity index (χ0n) is 15.6. The third kappa shape index (κ3) is 6.05. The summed E-state index contributed by atoms with van der Waals surface area (Å²) in [4.78, 5) is 11.0. The molecule has 0 saturated carbocycles. The minimum absolute atomic E-state index is 0. The van der Waals surface area contributed by atoms with E-state index in [1.807, 2.05) is 0 Å². The second-order valence-corrected chi connectivity index (χ2v) is 7.69. The van der Waals surface area contributed by atoms with E-state index >= 15 is 0 Å². The lowest BCUT2D eigenvalue weighted by Gasteiger charge is -2.33. The van der Waals surface area contributed by atoms with Crippen molar-refractivity contribution in [3.63, 3.8) is 0 Å². The van der Waals surface area contributed by atoms with Gasteiger partial charge in [-0.05, 0) is 37.4 Å². The Balaban J connectivity index is 0.00000243. The number of hydrogen-bond acceptors (Lipinski definition) is 5. The number of likely N-dealkylation sites (tertiary alicyclic amines) is 1. The molecule has 148 valence electrons. The molecule has 0 bridgehead atoms. The molecule has 0 radical (unpaired) electrons. The lowest BCUT2D eigenvalue weighted by atomic mass is 10.2. The summed E-state index contributed by atoms with van der Waals surface area (Å²) in [7, 11) is 0. The number of rotatable bonds is 7. The van der Waals surface area contributed by atoms with Crippen LogP contribution in [0.5, 0.6) is 0 Å². The zero-order valence-corrected chi connectivity index (χ0v) is 18.7. The van der Waals surface area contributed by atoms with Gasteiger partial charge in [0.15, 0.2) is 5.96 Å². The summed E-state index contributed by atoms with van der Waals surface area (Å²) < 4.78 is 5.49. The van der Waals surface area contributed by atoms with Gasteiger partial charge in [0.05, 0.1) is 25.8 Å². The van der Waals surface area contributed by atoms with E-state index in [1.54, 1.807) is 11.3 Å². The van der Waals surface area contributed by atoms with E-state index in [-0.39, 0.29) is 24.0 Å². The van der Waals surface area contributed by atoms with Crippen molar-refractivity contribution in [1.82, 2.24) is 15.1 Å². The van der Waals surface area contributed by atoms with E-state index < -0.39 is 0 Å². The SMILES string of the molecule is CCN1CCCC1CNC(N)=NCC(c1cccs1)N1CCOCC1.I. The van der Waals surface area contributed by atoms with Crippen LogP contribution in [0.2, 0.25) is 0 Å². The summed E-state index contributed by atoms with van der Waals surface area (Å²) in [6, 6.07) is 5.19. The van der Waals surface area contributed by atoms with E-state index in [9.17, 15) is 0 Å². The molecule has 8 heteroatoms. The van der Waals surface area contributed by atoms with E-state index in [4.69, 9.17) is 10.5 Å². The molecule has 3 N–H and O–H groups in total. The maximum atomic E-state index is 6.15. The number of nitrogens with zero attached hydrogens (tertiary/aromatic N) is 3. The number of likely N-dealkylation sites (N-methyl/N-ethyl adjacent to an activating group) is 1. The second-order valence-electron chi connectivity index (χ2n) is 6.71. The Morgan fingerprint density at radius 1 is 1.42 bits per heavy atom. The standard InChI is InChI=1S/C18H31N5OS.HI/c1-2-22-7-3-5-15(22)13-20-18(19)21-14-16(17-6-4-12-25-17)23-8-10-24-11-9-23;/h4,6,12,15-16H,2-3,5,7-11,13-14H2,1H3,(H3,19,20,21);1H. The van der Waals surface area contributed by atoms with Gasteiger partial charge >= 0.3 is 0 Å². The van der Waals surface area contributed by atoms with Crippen LogP contribution >= 0.6 is 35.3 Å². The van der Waals surface area contributed by atoms with Crippen molar-refractivity contribution in [2.45, 2.75) is 31.8 Å². The van der Waals surface area contributed by atoms with Crippen molar-refractivity contribution in [2.24, 2.45) is 10.7 Å². The Kier molecular flexibility index (Phi) is 9.62. The van der Waals surface area contributed by atoms with Crippen molar-refractivity contribution in [3.05, 3.63) is 22.4 Å². The molecule has 2 unspecified atom stereocenters. The molecule has 6 nitrogen and oxygen atoms in total. The molecule has 2 atom stereocenters. The van der Waals surface area contributed by atoms with E-state index in [0.29, 0.717) is 24.6 Å². The first-order valence-corrected chi connectivity index (χ1v) is 10.3. The molecular weight excluding hydrogens is 461 g/mol. The maximum absolute atomic E-state index is 6.15. The van der Waals surface area contributed by atoms with Crippen LogP contribution in [-0.2, 0) is 4.74 Å². The van der Waals surface area contributed by atoms with E-state index in [2.05, 4.69) is 44.5 Å². The Hall–Kier alpha value is -0.420. The largest absolute Gasteiger partial charge is 0.379 e. The quantitative estimate of drug-likeness (QED) is 0.346. The number of nitrogens with one attached hydrogen (secondary N) is 1. The molecule has 2 fully saturated rings. The Labute approximate surface area is 178 Å². The molecule has 3 rings (SSSR count). The number of ether oxygens (including phenoxy) is 1. The van der Waals surface area contributed by atoms with Crippen molar-refractivity contribution in [1.29, 1.82) is 0 Å². The fourth-order valence-electron chi connectivity index (χ4n) is 3.76. The minimum atomic E-state index is 0. The van der Waals surface area contributed by atoms with Crippen LogP contribution in [0.1, 0.15) is 30.7 Å². The van der Waals surface area contributed by atoms with Crippen LogP contribution in [-0.4, -0.2) is 74.3 Å². The molecule has 3 heterocycles. The molecule has 0 aliphatic carbocycles. The van der Waals surface area contributed by atoms with Crippen molar-refractivity contribution >= 4 is 41.3 Å². The predicted molar refractivity (Wildman–Crippen MR) is 120 cm³/mol. The highest BCUT2D eigenvalue weighted by Crippen LogP contribution is 2.26. The van der Waals surface area contributed by atoms with E-state index in [0.717, 1.165) is 39.4 Å². The van der Waals surface area contributed by atoms with Gasteiger partial charge in [-0.1, -0.05) is 13.0 Å². The normalized spacial score (nSPS) is 23.6. The van der Waals surface area contributed by atoms with Gasteiger partial charge in [0.1, 0.15) is 0 Å². The van der Waals surface area contributed by atoms with Crippen LogP contribution in [0, 0.1) is 0 Å². The first-order chi connectivity index (χ1) is 12.3. The molecular formula is C18H32IN5OS. The number of thiophene rings is 1. The number of morpholine rings is 1. The van der Waals surface area contributed by atoms with Crippen molar-refractivity contribution in [3.8, 4) is 0 Å². The predicted octanol–water partition coefficient (Wildman–Crippen LogP) is 2.13.